The maximum Gasteiger partial charge on any atom is 0.230 e. The van der Waals surface area contributed by atoms with Crippen molar-refractivity contribution in [3.8, 4) is 11.1 Å². The first-order valence-corrected chi connectivity index (χ1v) is 11.0. The summed E-state index contributed by atoms with van der Waals surface area (Å²) in [7, 11) is -3.20. The lowest BCUT2D eigenvalue weighted by molar-refractivity contribution is -0.115. The molecule has 6 nitrogen and oxygen atoms in total. The lowest BCUT2D eigenvalue weighted by Gasteiger charge is -2.07. The van der Waals surface area contributed by atoms with Crippen molar-refractivity contribution in [1.29, 1.82) is 0 Å². The third kappa shape index (κ3) is 3.84. The van der Waals surface area contributed by atoms with Gasteiger partial charge < -0.3 is 5.32 Å². The summed E-state index contributed by atoms with van der Waals surface area (Å²) in [5, 5.41) is 10.1. The lowest BCUT2D eigenvalue weighted by atomic mass is 10.0. The van der Waals surface area contributed by atoms with E-state index in [1.807, 2.05) is 24.3 Å². The van der Waals surface area contributed by atoms with Gasteiger partial charge in [-0.3, -0.25) is 9.89 Å². The Hall–Kier alpha value is -2.93. The van der Waals surface area contributed by atoms with Gasteiger partial charge >= 0.3 is 0 Å². The summed E-state index contributed by atoms with van der Waals surface area (Å²) in [5.74, 6) is 0.562. The standard InChI is InChI=1S/C21H21N3O3S/c1-28(26,27)17-11-9-16(10-12-17)15-7-5-14(6-8-15)13-20(25)22-21-18-3-2-4-19(18)23-24-21/h5-12H,2-4,13H2,1H3,(H2,22,23,24,25). The smallest absolute Gasteiger partial charge is 0.230 e. The highest BCUT2D eigenvalue weighted by Crippen LogP contribution is 2.26. The van der Waals surface area contributed by atoms with Crippen LogP contribution in [0.15, 0.2) is 53.4 Å². The third-order valence-corrected chi connectivity index (χ3v) is 6.13. The minimum Gasteiger partial charge on any atom is -0.309 e. The van der Waals surface area contributed by atoms with Gasteiger partial charge in [0.25, 0.3) is 0 Å². The van der Waals surface area contributed by atoms with E-state index in [1.165, 1.54) is 6.26 Å². The molecule has 0 atom stereocenters. The Kier molecular flexibility index (Phi) is 4.77. The largest absolute Gasteiger partial charge is 0.309 e. The van der Waals surface area contributed by atoms with Crippen LogP contribution in [0.5, 0.6) is 0 Å². The maximum atomic E-state index is 12.3. The number of amides is 1. The second kappa shape index (κ2) is 7.24. The van der Waals surface area contributed by atoms with E-state index in [9.17, 15) is 13.2 Å². The van der Waals surface area contributed by atoms with Gasteiger partial charge in [-0.1, -0.05) is 36.4 Å². The quantitative estimate of drug-likeness (QED) is 0.694. The fourth-order valence-corrected chi connectivity index (χ4v) is 4.12. The Morgan fingerprint density at radius 1 is 1.04 bits per heavy atom. The number of nitrogens with one attached hydrogen (secondary N) is 2. The molecule has 28 heavy (non-hydrogen) atoms. The van der Waals surface area contributed by atoms with Crippen molar-refractivity contribution in [2.24, 2.45) is 0 Å². The van der Waals surface area contributed by atoms with Crippen LogP contribution in [0.1, 0.15) is 23.2 Å². The van der Waals surface area contributed by atoms with E-state index in [1.54, 1.807) is 24.3 Å². The number of H-pyrrole nitrogens is 1. The Morgan fingerprint density at radius 3 is 2.32 bits per heavy atom. The number of aryl methyl sites for hydroxylation is 1. The number of rotatable bonds is 5. The molecule has 144 valence electrons. The number of aromatic nitrogens is 2. The average molecular weight is 395 g/mol. The summed E-state index contributed by atoms with van der Waals surface area (Å²) < 4.78 is 23.1. The van der Waals surface area contributed by atoms with Gasteiger partial charge in [0.15, 0.2) is 15.7 Å². The molecule has 0 radical (unpaired) electrons. The van der Waals surface area contributed by atoms with Gasteiger partial charge in [-0.15, -0.1) is 0 Å². The molecule has 1 aromatic heterocycles. The predicted octanol–water partition coefficient (Wildman–Crippen LogP) is 3.15. The van der Waals surface area contributed by atoms with E-state index < -0.39 is 9.84 Å². The van der Waals surface area contributed by atoms with Crippen LogP contribution >= 0.6 is 0 Å². The minimum atomic E-state index is -3.20. The van der Waals surface area contributed by atoms with Gasteiger partial charge in [0.2, 0.25) is 5.91 Å². The second-order valence-corrected chi connectivity index (χ2v) is 9.12. The van der Waals surface area contributed by atoms with Crippen LogP contribution < -0.4 is 5.32 Å². The Balaban J connectivity index is 1.42. The summed E-state index contributed by atoms with van der Waals surface area (Å²) in [6.07, 6.45) is 4.51. The summed E-state index contributed by atoms with van der Waals surface area (Å²) in [6, 6.07) is 14.5. The van der Waals surface area contributed by atoms with Crippen LogP contribution in [-0.4, -0.2) is 30.8 Å². The van der Waals surface area contributed by atoms with E-state index in [0.717, 1.165) is 47.2 Å². The molecule has 0 unspecified atom stereocenters. The molecule has 4 rings (SSSR count). The van der Waals surface area contributed by atoms with Gasteiger partial charge in [-0.2, -0.15) is 5.10 Å². The summed E-state index contributed by atoms with van der Waals surface area (Å²) >= 11 is 0. The van der Waals surface area contributed by atoms with Crippen molar-refractivity contribution in [3.63, 3.8) is 0 Å². The summed E-state index contributed by atoms with van der Waals surface area (Å²) in [5.41, 5.74) is 5.05. The lowest BCUT2D eigenvalue weighted by Crippen LogP contribution is -2.15. The van der Waals surface area contributed by atoms with E-state index in [0.29, 0.717) is 10.7 Å². The van der Waals surface area contributed by atoms with E-state index in [-0.39, 0.29) is 12.3 Å². The van der Waals surface area contributed by atoms with Crippen LogP contribution in [0.4, 0.5) is 5.82 Å². The number of hydrogen-bond donors (Lipinski definition) is 2. The van der Waals surface area contributed by atoms with E-state index in [2.05, 4.69) is 15.5 Å². The molecule has 0 saturated carbocycles. The maximum absolute atomic E-state index is 12.3. The third-order valence-electron chi connectivity index (χ3n) is 5.00. The molecular formula is C21H21N3O3S. The average Bonchev–Trinajstić information content (AvgIpc) is 3.27. The first-order chi connectivity index (χ1) is 13.4. The first-order valence-electron chi connectivity index (χ1n) is 9.15. The van der Waals surface area contributed by atoms with E-state index in [4.69, 9.17) is 0 Å². The number of hydrogen-bond acceptors (Lipinski definition) is 4. The molecule has 2 N–H and O–H groups in total. The van der Waals surface area contributed by atoms with E-state index >= 15 is 0 Å². The first kappa shape index (κ1) is 18.4. The van der Waals surface area contributed by atoms with Gasteiger partial charge in [-0.25, -0.2) is 8.42 Å². The summed E-state index contributed by atoms with van der Waals surface area (Å²) in [4.78, 5) is 12.6. The molecule has 3 aromatic rings. The van der Waals surface area contributed by atoms with Crippen molar-refractivity contribution in [1.82, 2.24) is 10.2 Å². The molecule has 2 aromatic carbocycles. The highest BCUT2D eigenvalue weighted by atomic mass is 32.2. The van der Waals surface area contributed by atoms with Crippen molar-refractivity contribution in [3.05, 3.63) is 65.4 Å². The molecule has 1 aliphatic carbocycles. The van der Waals surface area contributed by atoms with Gasteiger partial charge in [-0.05, 0) is 48.1 Å². The van der Waals surface area contributed by atoms with Crippen LogP contribution in [-0.2, 0) is 33.9 Å². The van der Waals surface area contributed by atoms with Gasteiger partial charge in [0, 0.05) is 17.5 Å². The molecule has 7 heteroatoms. The highest BCUT2D eigenvalue weighted by Gasteiger charge is 2.19. The summed E-state index contributed by atoms with van der Waals surface area (Å²) in [6.45, 7) is 0. The molecule has 1 heterocycles. The zero-order valence-corrected chi connectivity index (χ0v) is 16.3. The number of sulfone groups is 1. The zero-order chi connectivity index (χ0) is 19.7. The molecule has 0 saturated heterocycles. The van der Waals surface area contributed by atoms with Crippen LogP contribution in [0.2, 0.25) is 0 Å². The van der Waals surface area contributed by atoms with Crippen molar-refractivity contribution >= 4 is 21.6 Å². The van der Waals surface area contributed by atoms with Crippen LogP contribution in [0, 0.1) is 0 Å². The van der Waals surface area contributed by atoms with Crippen LogP contribution in [0.3, 0.4) is 0 Å². The van der Waals surface area contributed by atoms with Crippen molar-refractivity contribution in [2.75, 3.05) is 11.6 Å². The molecule has 0 fully saturated rings. The van der Waals surface area contributed by atoms with Gasteiger partial charge in [0.05, 0.1) is 11.3 Å². The predicted molar refractivity (Wildman–Crippen MR) is 108 cm³/mol. The number of nitrogens with zero attached hydrogens (tertiary/aromatic N) is 1. The molecule has 0 bridgehead atoms. The normalized spacial score (nSPS) is 13.3. The number of aromatic amines is 1. The fourth-order valence-electron chi connectivity index (χ4n) is 3.49. The number of carbonyl (C=O) groups excluding carboxylic acids is 1. The molecule has 1 amide bonds. The highest BCUT2D eigenvalue weighted by molar-refractivity contribution is 7.90. The monoisotopic (exact) mass is 395 g/mol. The van der Waals surface area contributed by atoms with Crippen molar-refractivity contribution < 1.29 is 13.2 Å². The minimum absolute atomic E-state index is 0.0912. The zero-order valence-electron chi connectivity index (χ0n) is 15.5. The van der Waals surface area contributed by atoms with Crippen LogP contribution in [0.25, 0.3) is 11.1 Å². The SMILES string of the molecule is CS(=O)(=O)c1ccc(-c2ccc(CC(=O)Nc3n[nH]c4c3CCC4)cc2)cc1. The molecular weight excluding hydrogens is 374 g/mol. The number of anilines is 1. The molecule has 0 spiro atoms. The molecule has 1 aliphatic rings. The topological polar surface area (TPSA) is 91.9 Å². The van der Waals surface area contributed by atoms with Gasteiger partial charge in [0.1, 0.15) is 0 Å². The molecule has 0 aliphatic heterocycles. The number of carbonyl (C=O) groups is 1. The fraction of sp³-hybridized carbons (Fsp3) is 0.238. The van der Waals surface area contributed by atoms with Crippen molar-refractivity contribution in [2.45, 2.75) is 30.6 Å². The number of benzene rings is 2. The second-order valence-electron chi connectivity index (χ2n) is 7.10. The Bertz CT molecular complexity index is 1110. The number of fused-ring (bicyclic) bond motifs is 1. The Morgan fingerprint density at radius 2 is 1.68 bits per heavy atom. The Labute approximate surface area is 163 Å².